The number of carbonyl (C=O) groups excluding carboxylic acids is 1. The molecule has 1 unspecified atom stereocenters. The number of aromatic amines is 1. The number of H-pyrrole nitrogens is 1. The van der Waals surface area contributed by atoms with Crippen molar-refractivity contribution < 1.29 is 14.6 Å². The number of aromatic nitrogens is 4. The van der Waals surface area contributed by atoms with Crippen molar-refractivity contribution in [3.63, 3.8) is 0 Å². The molecule has 1 saturated heterocycles. The zero-order chi connectivity index (χ0) is 28.2. The Bertz CT molecular complexity index is 1700. The SMILES string of the molecule is CCCC(=O)Nc1cccc(-c2nc(Nc3ccc4[nH]ncc4c3)c3cc(OCCN4CCC(O)C4)ccc3n2)c1.Cl.Cl. The molecular weight excluding hydrogens is 589 g/mol. The molecule has 0 bridgehead atoms. The highest BCUT2D eigenvalue weighted by molar-refractivity contribution is 5.95. The summed E-state index contributed by atoms with van der Waals surface area (Å²) < 4.78 is 6.09. The second kappa shape index (κ2) is 14.5. The van der Waals surface area contributed by atoms with Gasteiger partial charge >= 0.3 is 0 Å². The molecule has 1 aliphatic rings. The maximum Gasteiger partial charge on any atom is 0.224 e. The number of nitrogens with one attached hydrogen (secondary N) is 3. The first-order valence-corrected chi connectivity index (χ1v) is 14.0. The van der Waals surface area contributed by atoms with Crippen molar-refractivity contribution in [3.05, 3.63) is 66.9 Å². The number of anilines is 3. The number of rotatable bonds is 10. The Labute approximate surface area is 262 Å². The van der Waals surface area contributed by atoms with Crippen molar-refractivity contribution in [2.24, 2.45) is 0 Å². The summed E-state index contributed by atoms with van der Waals surface area (Å²) in [5, 5.41) is 25.1. The Balaban J connectivity index is 0.00000212. The topological polar surface area (TPSA) is 128 Å². The van der Waals surface area contributed by atoms with Gasteiger partial charge in [-0.25, -0.2) is 9.97 Å². The fourth-order valence-electron chi connectivity index (χ4n) is 5.07. The standard InChI is InChI=1S/C31H33N7O3.2ClH/c1-2-4-29(40)33-22-6-3-5-20(15-22)30-35-28-10-8-25(41-14-13-38-12-11-24(39)19-38)17-26(28)31(36-30)34-23-7-9-27-21(16-23)18-32-37-27;;/h3,5-10,15-18,24,39H,2,4,11-14,19H2,1H3,(H,32,37)(H,33,40)(H,34,35,36);2*1H. The largest absolute Gasteiger partial charge is 0.492 e. The third kappa shape index (κ3) is 7.71. The van der Waals surface area contributed by atoms with Crippen LogP contribution in [0.3, 0.4) is 0 Å². The molecule has 3 aromatic carbocycles. The number of likely N-dealkylation sites (tertiary alicyclic amines) is 1. The van der Waals surface area contributed by atoms with Crippen LogP contribution in [0.2, 0.25) is 0 Å². The van der Waals surface area contributed by atoms with Gasteiger partial charge in [-0.2, -0.15) is 5.10 Å². The Kier molecular flexibility index (Phi) is 10.8. The Hall–Kier alpha value is -3.96. The molecule has 0 spiro atoms. The highest BCUT2D eigenvalue weighted by Gasteiger charge is 2.19. The summed E-state index contributed by atoms with van der Waals surface area (Å²) in [5.74, 6) is 1.88. The summed E-state index contributed by atoms with van der Waals surface area (Å²) in [5.41, 5.74) is 4.08. The molecule has 5 aromatic rings. The number of ether oxygens (including phenoxy) is 1. The minimum atomic E-state index is -0.245. The van der Waals surface area contributed by atoms with Gasteiger partial charge in [0.1, 0.15) is 18.2 Å². The number of halogens is 2. The molecule has 1 atom stereocenters. The number of aliphatic hydroxyl groups is 1. The van der Waals surface area contributed by atoms with E-state index >= 15 is 0 Å². The van der Waals surface area contributed by atoms with Gasteiger partial charge in [0, 0.05) is 53.8 Å². The predicted molar refractivity (Wildman–Crippen MR) is 175 cm³/mol. The van der Waals surface area contributed by atoms with E-state index in [0.717, 1.165) is 64.7 Å². The Morgan fingerprint density at radius 3 is 2.79 bits per heavy atom. The van der Waals surface area contributed by atoms with Crippen LogP contribution in [0.15, 0.2) is 66.9 Å². The van der Waals surface area contributed by atoms with Crippen molar-refractivity contribution in [3.8, 4) is 17.1 Å². The minimum absolute atomic E-state index is 0. The van der Waals surface area contributed by atoms with Crippen LogP contribution in [0.25, 0.3) is 33.2 Å². The van der Waals surface area contributed by atoms with Gasteiger partial charge in [-0.3, -0.25) is 14.8 Å². The molecular formula is C31H35Cl2N7O3. The maximum absolute atomic E-state index is 12.2. The molecule has 1 aliphatic heterocycles. The molecule has 4 N–H and O–H groups in total. The molecule has 12 heteroatoms. The van der Waals surface area contributed by atoms with E-state index in [9.17, 15) is 9.90 Å². The van der Waals surface area contributed by atoms with E-state index in [-0.39, 0.29) is 36.8 Å². The number of nitrogens with zero attached hydrogens (tertiary/aromatic N) is 4. The highest BCUT2D eigenvalue weighted by atomic mass is 35.5. The van der Waals surface area contributed by atoms with Gasteiger partial charge in [0.15, 0.2) is 5.82 Å². The summed E-state index contributed by atoms with van der Waals surface area (Å²) in [6.45, 7) is 4.83. The number of fused-ring (bicyclic) bond motifs is 2. The van der Waals surface area contributed by atoms with Crippen molar-refractivity contribution in [2.45, 2.75) is 32.3 Å². The number of hydrogen-bond acceptors (Lipinski definition) is 8. The molecule has 6 rings (SSSR count). The lowest BCUT2D eigenvalue weighted by Crippen LogP contribution is -2.27. The Morgan fingerprint density at radius 1 is 1.09 bits per heavy atom. The van der Waals surface area contributed by atoms with Gasteiger partial charge in [-0.05, 0) is 61.4 Å². The fraction of sp³-hybridized carbons (Fsp3) is 0.290. The van der Waals surface area contributed by atoms with E-state index in [4.69, 9.17) is 14.7 Å². The van der Waals surface area contributed by atoms with Crippen LogP contribution in [0.5, 0.6) is 5.75 Å². The quantitative estimate of drug-likeness (QED) is 0.150. The van der Waals surface area contributed by atoms with Gasteiger partial charge < -0.3 is 20.5 Å². The molecule has 43 heavy (non-hydrogen) atoms. The molecule has 1 fully saturated rings. The second-order valence-electron chi connectivity index (χ2n) is 10.3. The number of aliphatic hydroxyl groups excluding tert-OH is 1. The summed E-state index contributed by atoms with van der Waals surface area (Å²) in [4.78, 5) is 24.2. The number of amides is 1. The average Bonchev–Trinajstić information content (AvgIpc) is 3.61. The summed E-state index contributed by atoms with van der Waals surface area (Å²) in [6.07, 6.45) is 3.60. The van der Waals surface area contributed by atoms with Crippen LogP contribution in [0.1, 0.15) is 26.2 Å². The average molecular weight is 625 g/mol. The van der Waals surface area contributed by atoms with Gasteiger partial charge in [0.25, 0.3) is 0 Å². The lowest BCUT2D eigenvalue weighted by Gasteiger charge is -2.16. The third-order valence-electron chi connectivity index (χ3n) is 7.18. The lowest BCUT2D eigenvalue weighted by molar-refractivity contribution is -0.116. The van der Waals surface area contributed by atoms with E-state index in [1.54, 1.807) is 6.20 Å². The highest BCUT2D eigenvalue weighted by Crippen LogP contribution is 2.31. The fourth-order valence-corrected chi connectivity index (χ4v) is 5.07. The smallest absolute Gasteiger partial charge is 0.224 e. The number of β-amino-alcohol motifs (C(OH)–C–C–N with tert-alkyl or cyclic N) is 1. The van der Waals surface area contributed by atoms with E-state index < -0.39 is 0 Å². The van der Waals surface area contributed by atoms with Crippen molar-refractivity contribution in [1.29, 1.82) is 0 Å². The van der Waals surface area contributed by atoms with Gasteiger partial charge in [-0.1, -0.05) is 19.1 Å². The zero-order valence-electron chi connectivity index (χ0n) is 23.7. The van der Waals surface area contributed by atoms with Crippen LogP contribution in [-0.2, 0) is 4.79 Å². The normalized spacial score (nSPS) is 14.7. The number of hydrogen-bond donors (Lipinski definition) is 4. The summed E-state index contributed by atoms with van der Waals surface area (Å²) in [6, 6.07) is 19.4. The molecule has 0 saturated carbocycles. The van der Waals surface area contributed by atoms with E-state index in [1.807, 2.05) is 67.6 Å². The van der Waals surface area contributed by atoms with Gasteiger partial charge in [-0.15, -0.1) is 24.8 Å². The zero-order valence-corrected chi connectivity index (χ0v) is 25.4. The summed E-state index contributed by atoms with van der Waals surface area (Å²) >= 11 is 0. The number of carbonyl (C=O) groups is 1. The van der Waals surface area contributed by atoms with Crippen LogP contribution >= 0.6 is 24.8 Å². The lowest BCUT2D eigenvalue weighted by atomic mass is 10.1. The van der Waals surface area contributed by atoms with Gasteiger partial charge in [0.2, 0.25) is 5.91 Å². The molecule has 3 heterocycles. The second-order valence-corrected chi connectivity index (χ2v) is 10.3. The van der Waals surface area contributed by atoms with Crippen LogP contribution in [0.4, 0.5) is 17.2 Å². The van der Waals surface area contributed by atoms with E-state index in [2.05, 4.69) is 25.7 Å². The molecule has 2 aromatic heterocycles. The molecule has 1 amide bonds. The van der Waals surface area contributed by atoms with E-state index in [0.29, 0.717) is 36.9 Å². The van der Waals surface area contributed by atoms with Crippen LogP contribution in [0, 0.1) is 0 Å². The third-order valence-corrected chi connectivity index (χ3v) is 7.18. The molecule has 0 radical (unpaired) electrons. The minimum Gasteiger partial charge on any atom is -0.492 e. The first kappa shape index (κ1) is 32.0. The van der Waals surface area contributed by atoms with E-state index in [1.165, 1.54) is 0 Å². The van der Waals surface area contributed by atoms with Crippen molar-refractivity contribution in [1.82, 2.24) is 25.1 Å². The molecule has 0 aliphatic carbocycles. The monoisotopic (exact) mass is 623 g/mol. The Morgan fingerprint density at radius 2 is 1.98 bits per heavy atom. The van der Waals surface area contributed by atoms with Crippen molar-refractivity contribution >= 4 is 69.7 Å². The first-order valence-electron chi connectivity index (χ1n) is 14.0. The molecule has 226 valence electrons. The molecule has 10 nitrogen and oxygen atoms in total. The van der Waals surface area contributed by atoms with Crippen LogP contribution < -0.4 is 15.4 Å². The first-order chi connectivity index (χ1) is 20.0. The van der Waals surface area contributed by atoms with Crippen LogP contribution in [-0.4, -0.2) is 68.4 Å². The summed E-state index contributed by atoms with van der Waals surface area (Å²) in [7, 11) is 0. The maximum atomic E-state index is 12.2. The predicted octanol–water partition coefficient (Wildman–Crippen LogP) is 5.94. The van der Waals surface area contributed by atoms with Gasteiger partial charge in [0.05, 0.1) is 23.3 Å². The number of benzene rings is 3. The van der Waals surface area contributed by atoms with Crippen molar-refractivity contribution in [2.75, 3.05) is 36.9 Å².